The van der Waals surface area contributed by atoms with Gasteiger partial charge in [0.25, 0.3) is 0 Å². The number of furan rings is 1. The Hall–Kier alpha value is -6.34. The molecular weight excluding hydrogens is 582 g/mol. The second-order valence-electron chi connectivity index (χ2n) is 11.8. The fourth-order valence-electron chi connectivity index (χ4n) is 6.53. The van der Waals surface area contributed by atoms with Gasteiger partial charge in [-0.1, -0.05) is 91.0 Å². The lowest BCUT2D eigenvalue weighted by atomic mass is 10.0. The number of fused-ring (bicyclic) bond motifs is 6. The third kappa shape index (κ3) is 4.35. The van der Waals surface area contributed by atoms with Gasteiger partial charge in [0.1, 0.15) is 11.2 Å². The summed E-state index contributed by atoms with van der Waals surface area (Å²) in [7, 11) is 3.60. The fourth-order valence-corrected chi connectivity index (χ4v) is 6.53. The van der Waals surface area contributed by atoms with Crippen molar-refractivity contribution in [3.8, 4) is 45.3 Å². The topological polar surface area (TPSA) is 78.7 Å². The number of nitrogens with zero attached hydrogens (tertiary/aromatic N) is 5. The van der Waals surface area contributed by atoms with Gasteiger partial charge in [0.15, 0.2) is 17.5 Å². The molecule has 0 aliphatic heterocycles. The van der Waals surface area contributed by atoms with Crippen molar-refractivity contribution in [2.24, 2.45) is 14.1 Å². The molecule has 0 aliphatic carbocycles. The minimum atomic E-state index is -0.0409. The maximum absolute atomic E-state index is 12.5. The van der Waals surface area contributed by atoms with E-state index < -0.39 is 0 Å². The van der Waals surface area contributed by atoms with Crippen molar-refractivity contribution < 1.29 is 4.42 Å². The van der Waals surface area contributed by atoms with Crippen molar-refractivity contribution >= 4 is 43.7 Å². The number of imidazole rings is 1. The van der Waals surface area contributed by atoms with E-state index in [9.17, 15) is 4.79 Å². The maximum atomic E-state index is 12.5. The van der Waals surface area contributed by atoms with Crippen LogP contribution in [0.15, 0.2) is 137 Å². The van der Waals surface area contributed by atoms with E-state index in [1.807, 2.05) is 72.8 Å². The molecule has 0 saturated heterocycles. The zero-order chi connectivity index (χ0) is 31.6. The Morgan fingerprint density at radius 1 is 0.489 bits per heavy atom. The smallest absolute Gasteiger partial charge is 0.328 e. The van der Waals surface area contributed by atoms with Crippen LogP contribution in [0.4, 0.5) is 0 Å². The Labute approximate surface area is 269 Å². The second-order valence-corrected chi connectivity index (χ2v) is 11.8. The van der Waals surface area contributed by atoms with E-state index in [-0.39, 0.29) is 5.69 Å². The molecule has 0 unspecified atom stereocenters. The molecule has 7 heteroatoms. The number of rotatable bonds is 4. The van der Waals surface area contributed by atoms with Gasteiger partial charge in [-0.15, -0.1) is 0 Å². The van der Waals surface area contributed by atoms with E-state index in [0.717, 1.165) is 71.6 Å². The van der Waals surface area contributed by atoms with Crippen molar-refractivity contribution in [1.82, 2.24) is 24.1 Å². The molecule has 0 spiro atoms. The van der Waals surface area contributed by atoms with Gasteiger partial charge in [-0.3, -0.25) is 9.13 Å². The minimum Gasteiger partial charge on any atom is -0.456 e. The lowest BCUT2D eigenvalue weighted by Gasteiger charge is -2.09. The number of aryl methyl sites for hydroxylation is 2. The zero-order valence-corrected chi connectivity index (χ0v) is 25.7. The van der Waals surface area contributed by atoms with Crippen LogP contribution in [0.2, 0.25) is 0 Å². The number of hydrogen-bond donors (Lipinski definition) is 0. The van der Waals surface area contributed by atoms with Crippen molar-refractivity contribution in [1.29, 1.82) is 0 Å². The highest BCUT2D eigenvalue weighted by Gasteiger charge is 2.16. The monoisotopic (exact) mass is 609 g/mol. The molecule has 0 bridgehead atoms. The molecule has 9 rings (SSSR count). The third-order valence-corrected chi connectivity index (χ3v) is 9.03. The van der Waals surface area contributed by atoms with E-state index >= 15 is 0 Å². The third-order valence-electron chi connectivity index (χ3n) is 9.03. The summed E-state index contributed by atoms with van der Waals surface area (Å²) in [5, 5.41) is 4.42. The van der Waals surface area contributed by atoms with Gasteiger partial charge in [0.2, 0.25) is 0 Å². The van der Waals surface area contributed by atoms with Crippen LogP contribution in [-0.4, -0.2) is 24.1 Å². The molecule has 6 aromatic carbocycles. The van der Waals surface area contributed by atoms with Gasteiger partial charge in [-0.05, 0) is 58.3 Å². The molecule has 224 valence electrons. The molecule has 0 aliphatic rings. The Kier molecular flexibility index (Phi) is 5.95. The van der Waals surface area contributed by atoms with E-state index in [1.54, 1.807) is 23.2 Å². The predicted molar refractivity (Wildman–Crippen MR) is 188 cm³/mol. The molecular formula is C40H27N5O2. The summed E-state index contributed by atoms with van der Waals surface area (Å²) in [6.45, 7) is 0. The SMILES string of the molecule is Cn1c(=O)n(C)c2cc(-c3ccc(-c4nc(-c5ccccc5)nc(-c5ccc6oc7ccc8ccccc8c7c6c5)n4)cc3)ccc21. The highest BCUT2D eigenvalue weighted by molar-refractivity contribution is 6.19. The van der Waals surface area contributed by atoms with E-state index in [1.165, 1.54) is 0 Å². The lowest BCUT2D eigenvalue weighted by molar-refractivity contribution is 0.669. The normalized spacial score (nSPS) is 11.7. The largest absolute Gasteiger partial charge is 0.456 e. The summed E-state index contributed by atoms with van der Waals surface area (Å²) in [6.07, 6.45) is 0. The van der Waals surface area contributed by atoms with Crippen LogP contribution in [0.25, 0.3) is 89.0 Å². The van der Waals surface area contributed by atoms with Gasteiger partial charge >= 0.3 is 5.69 Å². The summed E-state index contributed by atoms with van der Waals surface area (Å²) in [4.78, 5) is 27.4. The lowest BCUT2D eigenvalue weighted by Crippen LogP contribution is -2.19. The van der Waals surface area contributed by atoms with Gasteiger partial charge in [-0.25, -0.2) is 19.7 Å². The van der Waals surface area contributed by atoms with Crippen LogP contribution >= 0.6 is 0 Å². The number of benzene rings is 6. The molecule has 0 N–H and O–H groups in total. The standard InChI is InChI=1S/C40H27N5O2/c1-44-32-19-16-28(23-33(32)45(2)40(44)46)24-12-14-27(15-13-24)38-41-37(26-9-4-3-5-10-26)42-39(43-38)29-18-20-34-31(22-29)36-30-11-7-6-8-25(30)17-21-35(36)47-34/h3-23H,1-2H3. The Morgan fingerprint density at radius 2 is 1.09 bits per heavy atom. The Bertz CT molecular complexity index is 2720. The minimum absolute atomic E-state index is 0.0409. The van der Waals surface area contributed by atoms with Crippen LogP contribution in [0.3, 0.4) is 0 Å². The van der Waals surface area contributed by atoms with Crippen molar-refractivity contribution in [2.75, 3.05) is 0 Å². The predicted octanol–water partition coefficient (Wildman–Crippen LogP) is 8.78. The van der Waals surface area contributed by atoms with Crippen LogP contribution in [0.5, 0.6) is 0 Å². The molecule has 7 nitrogen and oxygen atoms in total. The first-order valence-electron chi connectivity index (χ1n) is 15.4. The van der Waals surface area contributed by atoms with Crippen LogP contribution in [-0.2, 0) is 14.1 Å². The Balaban J connectivity index is 1.17. The van der Waals surface area contributed by atoms with E-state index in [0.29, 0.717) is 17.5 Å². The molecule has 0 radical (unpaired) electrons. The quantitative estimate of drug-likeness (QED) is 0.199. The highest BCUT2D eigenvalue weighted by atomic mass is 16.3. The van der Waals surface area contributed by atoms with Crippen LogP contribution in [0.1, 0.15) is 0 Å². The molecule has 0 saturated carbocycles. The van der Waals surface area contributed by atoms with Gasteiger partial charge in [-0.2, -0.15) is 0 Å². The zero-order valence-electron chi connectivity index (χ0n) is 25.7. The van der Waals surface area contributed by atoms with Gasteiger partial charge in [0.05, 0.1) is 11.0 Å². The maximum Gasteiger partial charge on any atom is 0.328 e. The van der Waals surface area contributed by atoms with Crippen molar-refractivity contribution in [3.05, 3.63) is 138 Å². The summed E-state index contributed by atoms with van der Waals surface area (Å²) in [5.41, 5.74) is 8.16. The van der Waals surface area contributed by atoms with Crippen molar-refractivity contribution in [2.45, 2.75) is 0 Å². The molecule has 3 aromatic heterocycles. The summed E-state index contributed by atoms with van der Waals surface area (Å²) in [5.74, 6) is 1.78. The molecule has 3 heterocycles. The second kappa shape index (κ2) is 10.4. The average molecular weight is 610 g/mol. The first-order chi connectivity index (χ1) is 23.0. The molecule has 0 amide bonds. The van der Waals surface area contributed by atoms with Gasteiger partial charge in [0, 0.05) is 41.6 Å². The molecule has 47 heavy (non-hydrogen) atoms. The summed E-state index contributed by atoms with van der Waals surface area (Å²) in [6, 6.07) is 42.9. The Morgan fingerprint density at radius 3 is 1.87 bits per heavy atom. The van der Waals surface area contributed by atoms with E-state index in [4.69, 9.17) is 19.4 Å². The average Bonchev–Trinajstić information content (AvgIpc) is 3.62. The van der Waals surface area contributed by atoms with Crippen LogP contribution in [0, 0.1) is 0 Å². The van der Waals surface area contributed by atoms with Crippen molar-refractivity contribution in [3.63, 3.8) is 0 Å². The highest BCUT2D eigenvalue weighted by Crippen LogP contribution is 2.37. The number of hydrogen-bond acceptors (Lipinski definition) is 5. The molecule has 0 fully saturated rings. The molecule has 0 atom stereocenters. The summed E-state index contributed by atoms with van der Waals surface area (Å²) < 4.78 is 9.60. The first-order valence-corrected chi connectivity index (χ1v) is 15.4. The summed E-state index contributed by atoms with van der Waals surface area (Å²) >= 11 is 0. The fraction of sp³-hybridized carbons (Fsp3) is 0.0500. The number of aromatic nitrogens is 5. The van der Waals surface area contributed by atoms with Crippen LogP contribution < -0.4 is 5.69 Å². The van der Waals surface area contributed by atoms with Gasteiger partial charge < -0.3 is 4.42 Å². The van der Waals surface area contributed by atoms with E-state index in [2.05, 4.69) is 54.6 Å². The first kappa shape index (κ1) is 27.0. The molecule has 9 aromatic rings.